The highest BCUT2D eigenvalue weighted by Crippen LogP contribution is 2.27. The summed E-state index contributed by atoms with van der Waals surface area (Å²) in [4.78, 5) is 14.2. The molecule has 1 aromatic rings. The van der Waals surface area contributed by atoms with E-state index in [9.17, 15) is 4.79 Å². The van der Waals surface area contributed by atoms with E-state index in [0.29, 0.717) is 21.7 Å². The Bertz CT molecular complexity index is 443. The molecule has 1 fully saturated rings. The van der Waals surface area contributed by atoms with Crippen molar-refractivity contribution in [2.24, 2.45) is 0 Å². The third-order valence-corrected chi connectivity index (χ3v) is 4.19. The van der Waals surface area contributed by atoms with Gasteiger partial charge in [0.25, 0.3) is 5.91 Å². The minimum atomic E-state index is -0.0305. The van der Waals surface area contributed by atoms with E-state index in [1.165, 1.54) is 0 Å². The number of carbonyl (C=O) groups excluding carboxylic acids is 1. The third kappa shape index (κ3) is 2.79. The van der Waals surface area contributed by atoms with Crippen LogP contribution in [0.15, 0.2) is 18.2 Å². The Labute approximate surface area is 117 Å². The molecule has 0 spiro atoms. The van der Waals surface area contributed by atoms with E-state index < -0.39 is 0 Å². The smallest absolute Gasteiger partial charge is 0.255 e. The van der Waals surface area contributed by atoms with Gasteiger partial charge in [0.05, 0.1) is 15.6 Å². The van der Waals surface area contributed by atoms with Crippen LogP contribution in [0, 0.1) is 0 Å². The standard InChI is InChI=1S/C13H16Cl2N2O/c1-16-9-5-7-17(8-6-9)13(18)10-3-2-4-11(14)12(10)15/h2-4,9,16H,5-8H2,1H3. The van der Waals surface area contributed by atoms with Crippen molar-refractivity contribution in [3.8, 4) is 0 Å². The van der Waals surface area contributed by atoms with Crippen molar-refractivity contribution in [1.82, 2.24) is 10.2 Å². The number of nitrogens with one attached hydrogen (secondary N) is 1. The topological polar surface area (TPSA) is 32.3 Å². The molecule has 0 bridgehead atoms. The number of nitrogens with zero attached hydrogens (tertiary/aromatic N) is 1. The summed E-state index contributed by atoms with van der Waals surface area (Å²) >= 11 is 12.0. The number of halogens is 2. The summed E-state index contributed by atoms with van der Waals surface area (Å²) in [6.07, 6.45) is 1.95. The van der Waals surface area contributed by atoms with Gasteiger partial charge in [-0.25, -0.2) is 0 Å². The molecule has 98 valence electrons. The van der Waals surface area contributed by atoms with Gasteiger partial charge in [-0.05, 0) is 32.0 Å². The minimum absolute atomic E-state index is 0.0305. The fraction of sp³-hybridized carbons (Fsp3) is 0.462. The number of piperidine rings is 1. The molecular formula is C13H16Cl2N2O. The monoisotopic (exact) mass is 286 g/mol. The number of hydrogen-bond donors (Lipinski definition) is 1. The van der Waals surface area contributed by atoms with Crippen molar-refractivity contribution in [1.29, 1.82) is 0 Å². The SMILES string of the molecule is CNC1CCN(C(=O)c2cccc(Cl)c2Cl)CC1. The molecule has 1 heterocycles. The van der Waals surface area contributed by atoms with E-state index in [2.05, 4.69) is 5.32 Å². The maximum Gasteiger partial charge on any atom is 0.255 e. The maximum absolute atomic E-state index is 12.3. The fourth-order valence-electron chi connectivity index (χ4n) is 2.21. The lowest BCUT2D eigenvalue weighted by molar-refractivity contribution is 0.0707. The number of carbonyl (C=O) groups is 1. The van der Waals surface area contributed by atoms with Gasteiger partial charge in [-0.2, -0.15) is 0 Å². The molecule has 1 amide bonds. The second-order valence-electron chi connectivity index (χ2n) is 4.46. The first-order valence-corrected chi connectivity index (χ1v) is 6.79. The van der Waals surface area contributed by atoms with Crippen LogP contribution in [0.2, 0.25) is 10.0 Å². The predicted molar refractivity (Wildman–Crippen MR) is 74.4 cm³/mol. The molecular weight excluding hydrogens is 271 g/mol. The van der Waals surface area contributed by atoms with E-state index >= 15 is 0 Å². The maximum atomic E-state index is 12.3. The van der Waals surface area contributed by atoms with E-state index in [-0.39, 0.29) is 5.91 Å². The van der Waals surface area contributed by atoms with Crippen LogP contribution in [-0.2, 0) is 0 Å². The molecule has 0 atom stereocenters. The summed E-state index contributed by atoms with van der Waals surface area (Å²) in [7, 11) is 1.95. The lowest BCUT2D eigenvalue weighted by Gasteiger charge is -2.32. The Balaban J connectivity index is 2.10. The van der Waals surface area contributed by atoms with Gasteiger partial charge in [-0.15, -0.1) is 0 Å². The van der Waals surface area contributed by atoms with Crippen molar-refractivity contribution in [3.05, 3.63) is 33.8 Å². The molecule has 1 aromatic carbocycles. The molecule has 0 saturated carbocycles. The summed E-state index contributed by atoms with van der Waals surface area (Å²) in [6.45, 7) is 1.51. The summed E-state index contributed by atoms with van der Waals surface area (Å²) in [5.74, 6) is -0.0305. The van der Waals surface area contributed by atoms with Crippen molar-refractivity contribution in [2.45, 2.75) is 18.9 Å². The molecule has 0 aliphatic carbocycles. The van der Waals surface area contributed by atoms with Crippen LogP contribution in [0.1, 0.15) is 23.2 Å². The summed E-state index contributed by atoms with van der Waals surface area (Å²) in [5, 5.41) is 4.01. The van der Waals surface area contributed by atoms with Gasteiger partial charge in [-0.1, -0.05) is 29.3 Å². The third-order valence-electron chi connectivity index (χ3n) is 3.37. The average Bonchev–Trinajstić information content (AvgIpc) is 2.41. The zero-order chi connectivity index (χ0) is 13.1. The van der Waals surface area contributed by atoms with E-state index in [0.717, 1.165) is 25.9 Å². The number of hydrogen-bond acceptors (Lipinski definition) is 2. The number of amides is 1. The molecule has 1 saturated heterocycles. The molecule has 0 radical (unpaired) electrons. The quantitative estimate of drug-likeness (QED) is 0.907. The highest BCUT2D eigenvalue weighted by Gasteiger charge is 2.24. The molecule has 1 aliphatic heterocycles. The second kappa shape index (κ2) is 5.91. The Morgan fingerprint density at radius 1 is 1.33 bits per heavy atom. The van der Waals surface area contributed by atoms with Crippen molar-refractivity contribution >= 4 is 29.1 Å². The second-order valence-corrected chi connectivity index (χ2v) is 5.24. The van der Waals surface area contributed by atoms with Gasteiger partial charge in [0.15, 0.2) is 0 Å². The highest BCUT2D eigenvalue weighted by atomic mass is 35.5. The summed E-state index contributed by atoms with van der Waals surface area (Å²) in [6, 6.07) is 5.67. The Morgan fingerprint density at radius 3 is 2.61 bits per heavy atom. The minimum Gasteiger partial charge on any atom is -0.338 e. The lowest BCUT2D eigenvalue weighted by atomic mass is 10.0. The van der Waals surface area contributed by atoms with Crippen LogP contribution in [0.4, 0.5) is 0 Å². The molecule has 3 nitrogen and oxygen atoms in total. The van der Waals surface area contributed by atoms with E-state index in [1.54, 1.807) is 18.2 Å². The number of rotatable bonds is 2. The zero-order valence-electron chi connectivity index (χ0n) is 10.2. The Kier molecular flexibility index (Phi) is 4.49. The molecule has 18 heavy (non-hydrogen) atoms. The predicted octanol–water partition coefficient (Wildman–Crippen LogP) is 2.82. The average molecular weight is 287 g/mol. The van der Waals surface area contributed by atoms with Crippen LogP contribution < -0.4 is 5.32 Å². The molecule has 0 aromatic heterocycles. The van der Waals surface area contributed by atoms with Crippen LogP contribution in [0.5, 0.6) is 0 Å². The fourth-order valence-corrected chi connectivity index (χ4v) is 2.59. The largest absolute Gasteiger partial charge is 0.338 e. The molecule has 1 aliphatic rings. The molecule has 1 N–H and O–H groups in total. The van der Waals surface area contributed by atoms with Crippen LogP contribution in [0.3, 0.4) is 0 Å². The van der Waals surface area contributed by atoms with E-state index in [1.807, 2.05) is 11.9 Å². The van der Waals surface area contributed by atoms with Crippen molar-refractivity contribution < 1.29 is 4.79 Å². The van der Waals surface area contributed by atoms with E-state index in [4.69, 9.17) is 23.2 Å². The number of likely N-dealkylation sites (tertiary alicyclic amines) is 1. The first-order valence-electron chi connectivity index (χ1n) is 6.04. The van der Waals surface area contributed by atoms with Gasteiger partial charge in [0, 0.05) is 19.1 Å². The molecule has 2 rings (SSSR count). The zero-order valence-corrected chi connectivity index (χ0v) is 11.8. The first kappa shape index (κ1) is 13.7. The van der Waals surface area contributed by atoms with Crippen LogP contribution in [0.25, 0.3) is 0 Å². The summed E-state index contributed by atoms with van der Waals surface area (Å²) in [5.41, 5.74) is 0.493. The molecule has 0 unspecified atom stereocenters. The van der Waals surface area contributed by atoms with Gasteiger partial charge in [0.2, 0.25) is 0 Å². The van der Waals surface area contributed by atoms with Gasteiger partial charge >= 0.3 is 0 Å². The normalized spacial score (nSPS) is 16.9. The first-order chi connectivity index (χ1) is 8.63. The van der Waals surface area contributed by atoms with Gasteiger partial charge in [-0.3, -0.25) is 4.79 Å². The van der Waals surface area contributed by atoms with Crippen LogP contribution >= 0.6 is 23.2 Å². The lowest BCUT2D eigenvalue weighted by Crippen LogP contribution is -2.44. The van der Waals surface area contributed by atoms with Crippen molar-refractivity contribution in [3.63, 3.8) is 0 Å². The highest BCUT2D eigenvalue weighted by molar-refractivity contribution is 6.43. The summed E-state index contributed by atoms with van der Waals surface area (Å²) < 4.78 is 0. The van der Waals surface area contributed by atoms with Crippen molar-refractivity contribution in [2.75, 3.05) is 20.1 Å². The van der Waals surface area contributed by atoms with Crippen LogP contribution in [-0.4, -0.2) is 37.0 Å². The van der Waals surface area contributed by atoms with Gasteiger partial charge < -0.3 is 10.2 Å². The Morgan fingerprint density at radius 2 is 2.00 bits per heavy atom. The molecule has 5 heteroatoms. The number of benzene rings is 1. The Hall–Kier alpha value is -0.770. The van der Waals surface area contributed by atoms with Gasteiger partial charge in [0.1, 0.15) is 0 Å².